The summed E-state index contributed by atoms with van der Waals surface area (Å²) in [5.74, 6) is 2.41. The number of rotatable bonds is 3. The van der Waals surface area contributed by atoms with Crippen molar-refractivity contribution in [2.75, 3.05) is 0 Å². The molecule has 6 heteroatoms. The average molecular weight is 350 g/mol. The van der Waals surface area contributed by atoms with Gasteiger partial charge in [0.1, 0.15) is 11.6 Å². The van der Waals surface area contributed by atoms with Crippen molar-refractivity contribution < 1.29 is 9.84 Å². The summed E-state index contributed by atoms with van der Waals surface area (Å²) in [6.45, 7) is 1.93. The van der Waals surface area contributed by atoms with Gasteiger partial charge in [0.15, 0.2) is 5.75 Å². The highest BCUT2D eigenvalue weighted by Gasteiger charge is 2.50. The van der Waals surface area contributed by atoms with Crippen LogP contribution >= 0.6 is 0 Å². The molecular formula is C20H22N4O2. The fourth-order valence-corrected chi connectivity index (χ4v) is 4.53. The van der Waals surface area contributed by atoms with E-state index in [0.29, 0.717) is 5.75 Å². The van der Waals surface area contributed by atoms with Crippen molar-refractivity contribution in [2.45, 2.75) is 56.5 Å². The van der Waals surface area contributed by atoms with Gasteiger partial charge in [0.25, 0.3) is 0 Å². The van der Waals surface area contributed by atoms with E-state index in [-0.39, 0.29) is 5.41 Å². The smallest absolute Gasteiger partial charge is 0.203 e. The van der Waals surface area contributed by atoms with E-state index in [1.54, 1.807) is 6.20 Å². The van der Waals surface area contributed by atoms with Crippen LogP contribution in [0.5, 0.6) is 11.5 Å². The minimum Gasteiger partial charge on any atom is -0.451 e. The third kappa shape index (κ3) is 2.32. The Kier molecular flexibility index (Phi) is 3.34. The molecule has 26 heavy (non-hydrogen) atoms. The summed E-state index contributed by atoms with van der Waals surface area (Å²) in [6.07, 6.45) is 9.24. The number of fused-ring (bicyclic) bond motifs is 4. The van der Waals surface area contributed by atoms with E-state index in [0.717, 1.165) is 61.4 Å². The summed E-state index contributed by atoms with van der Waals surface area (Å²) in [5, 5.41) is 19.5. The molecule has 3 aromatic rings. The molecule has 0 aromatic carbocycles. The predicted octanol–water partition coefficient (Wildman–Crippen LogP) is 3.56. The number of aromatic nitrogens is 4. The van der Waals surface area contributed by atoms with Crippen LogP contribution in [0.3, 0.4) is 0 Å². The number of aliphatic hydroxyl groups is 1. The van der Waals surface area contributed by atoms with Gasteiger partial charge < -0.3 is 9.84 Å². The van der Waals surface area contributed by atoms with Gasteiger partial charge in [0.05, 0.1) is 11.3 Å². The molecule has 0 spiro atoms. The van der Waals surface area contributed by atoms with E-state index >= 15 is 0 Å². The van der Waals surface area contributed by atoms with Gasteiger partial charge in [-0.1, -0.05) is 0 Å². The van der Waals surface area contributed by atoms with Crippen LogP contribution in [0.25, 0.3) is 5.65 Å². The van der Waals surface area contributed by atoms with Crippen molar-refractivity contribution in [3.63, 3.8) is 0 Å². The topological polar surface area (TPSA) is 72.5 Å². The molecular weight excluding hydrogens is 328 g/mol. The minimum atomic E-state index is -0.450. The number of nitrogens with zero attached hydrogens (tertiary/aromatic N) is 4. The summed E-state index contributed by atoms with van der Waals surface area (Å²) in [7, 11) is 0. The summed E-state index contributed by atoms with van der Waals surface area (Å²) in [4.78, 5) is 4.28. The number of aryl methyl sites for hydroxylation is 1. The summed E-state index contributed by atoms with van der Waals surface area (Å²) in [6, 6.07) is 7.66. The Morgan fingerprint density at radius 3 is 2.46 bits per heavy atom. The summed E-state index contributed by atoms with van der Waals surface area (Å²) in [5.41, 5.74) is 1.14. The average Bonchev–Trinajstić information content (AvgIpc) is 3.11. The standard InChI is InChI=1S/C20H22N4O2/c1-14-15(4-2-12-21-14)26-16-5-3-13-24-17(16)22-23-18(24)19-6-9-20(25,10-7-19)11-8-19/h2-5,12-13,25H,6-11H2,1H3. The largest absolute Gasteiger partial charge is 0.451 e. The van der Waals surface area contributed by atoms with E-state index in [4.69, 9.17) is 4.74 Å². The zero-order valence-electron chi connectivity index (χ0n) is 14.9. The lowest BCUT2D eigenvalue weighted by atomic mass is 9.58. The van der Waals surface area contributed by atoms with E-state index < -0.39 is 5.60 Å². The van der Waals surface area contributed by atoms with Crippen LogP contribution in [0.2, 0.25) is 0 Å². The number of ether oxygens (including phenoxy) is 1. The molecule has 0 radical (unpaired) electrons. The highest BCUT2D eigenvalue weighted by Crippen LogP contribution is 2.53. The van der Waals surface area contributed by atoms with Crippen LogP contribution in [0.15, 0.2) is 36.7 Å². The van der Waals surface area contributed by atoms with Crippen molar-refractivity contribution in [1.29, 1.82) is 0 Å². The second-order valence-electron chi connectivity index (χ2n) is 7.78. The second-order valence-corrected chi connectivity index (χ2v) is 7.78. The first-order valence-corrected chi connectivity index (χ1v) is 9.25. The van der Waals surface area contributed by atoms with Crippen LogP contribution in [0, 0.1) is 6.92 Å². The quantitative estimate of drug-likeness (QED) is 0.782. The van der Waals surface area contributed by atoms with Crippen molar-refractivity contribution in [3.8, 4) is 11.5 Å². The first-order chi connectivity index (χ1) is 12.6. The molecule has 3 aliphatic carbocycles. The third-order valence-corrected chi connectivity index (χ3v) is 6.26. The summed E-state index contributed by atoms with van der Waals surface area (Å²) < 4.78 is 8.16. The predicted molar refractivity (Wildman–Crippen MR) is 96.4 cm³/mol. The molecule has 2 bridgehead atoms. The van der Waals surface area contributed by atoms with Crippen molar-refractivity contribution in [3.05, 3.63) is 48.2 Å². The van der Waals surface area contributed by atoms with Crippen LogP contribution < -0.4 is 4.74 Å². The van der Waals surface area contributed by atoms with E-state index in [9.17, 15) is 5.11 Å². The number of hydrogen-bond donors (Lipinski definition) is 1. The maximum atomic E-state index is 10.5. The van der Waals surface area contributed by atoms with Gasteiger partial charge in [-0.05, 0) is 69.7 Å². The Balaban J connectivity index is 1.55. The fraction of sp³-hybridized carbons (Fsp3) is 0.450. The first-order valence-electron chi connectivity index (χ1n) is 9.25. The fourth-order valence-electron chi connectivity index (χ4n) is 4.53. The third-order valence-electron chi connectivity index (χ3n) is 6.26. The molecule has 134 valence electrons. The number of pyridine rings is 2. The Morgan fingerprint density at radius 2 is 1.73 bits per heavy atom. The Hall–Kier alpha value is -2.47. The van der Waals surface area contributed by atoms with Gasteiger partial charge >= 0.3 is 0 Å². The minimum absolute atomic E-state index is 0.0206. The van der Waals surface area contributed by atoms with Gasteiger partial charge in [-0.25, -0.2) is 0 Å². The number of hydrogen-bond acceptors (Lipinski definition) is 5. The maximum absolute atomic E-state index is 10.5. The lowest BCUT2D eigenvalue weighted by Gasteiger charge is -2.49. The van der Waals surface area contributed by atoms with E-state index in [2.05, 4.69) is 19.6 Å². The lowest BCUT2D eigenvalue weighted by molar-refractivity contribution is -0.0682. The molecule has 3 saturated carbocycles. The highest BCUT2D eigenvalue weighted by atomic mass is 16.5. The monoisotopic (exact) mass is 350 g/mol. The molecule has 0 saturated heterocycles. The molecule has 0 atom stereocenters. The maximum Gasteiger partial charge on any atom is 0.203 e. The Bertz CT molecular complexity index is 956. The SMILES string of the molecule is Cc1ncccc1Oc1cccn2c(C34CCC(O)(CC3)CC4)nnc12. The molecule has 3 aromatic heterocycles. The van der Waals surface area contributed by atoms with Crippen LogP contribution in [0.4, 0.5) is 0 Å². The highest BCUT2D eigenvalue weighted by molar-refractivity contribution is 5.55. The van der Waals surface area contributed by atoms with Crippen molar-refractivity contribution in [2.24, 2.45) is 0 Å². The molecule has 3 fully saturated rings. The van der Waals surface area contributed by atoms with Crippen LogP contribution in [-0.4, -0.2) is 30.3 Å². The molecule has 0 aliphatic heterocycles. The Morgan fingerprint density at radius 1 is 1.00 bits per heavy atom. The van der Waals surface area contributed by atoms with Crippen molar-refractivity contribution in [1.82, 2.24) is 19.6 Å². The van der Waals surface area contributed by atoms with Crippen LogP contribution in [0.1, 0.15) is 50.0 Å². The van der Waals surface area contributed by atoms with Gasteiger partial charge in [-0.3, -0.25) is 9.38 Å². The molecule has 6 rings (SSSR count). The molecule has 3 heterocycles. The lowest BCUT2D eigenvalue weighted by Crippen LogP contribution is -2.48. The molecule has 6 nitrogen and oxygen atoms in total. The van der Waals surface area contributed by atoms with Crippen LogP contribution in [-0.2, 0) is 5.41 Å². The first kappa shape index (κ1) is 15.8. The van der Waals surface area contributed by atoms with Crippen molar-refractivity contribution >= 4 is 5.65 Å². The van der Waals surface area contributed by atoms with Gasteiger partial charge in [-0.15, -0.1) is 10.2 Å². The Labute approximate surface area is 151 Å². The molecule has 0 amide bonds. The molecule has 0 unspecified atom stereocenters. The second kappa shape index (κ2) is 5.51. The normalized spacial score (nSPS) is 27.8. The van der Waals surface area contributed by atoms with Gasteiger partial charge in [-0.2, -0.15) is 0 Å². The van der Waals surface area contributed by atoms with E-state index in [1.807, 2.05) is 37.4 Å². The molecule has 3 aliphatic rings. The van der Waals surface area contributed by atoms with Gasteiger partial charge in [0, 0.05) is 17.8 Å². The van der Waals surface area contributed by atoms with Gasteiger partial charge in [0.2, 0.25) is 5.65 Å². The van der Waals surface area contributed by atoms with E-state index in [1.165, 1.54) is 0 Å². The zero-order chi connectivity index (χ0) is 17.8. The molecule has 1 N–H and O–H groups in total. The summed E-state index contributed by atoms with van der Waals surface area (Å²) >= 11 is 0. The zero-order valence-corrected chi connectivity index (χ0v) is 14.9.